The van der Waals surface area contributed by atoms with E-state index in [2.05, 4.69) is 17.6 Å². The third kappa shape index (κ3) is 26.9. The zero-order valence-electron chi connectivity index (χ0n) is 50.5. The van der Waals surface area contributed by atoms with Crippen molar-refractivity contribution in [2.24, 2.45) is 0 Å². The molecule has 0 spiro atoms. The number of ether oxygens (including phenoxy) is 1. The maximum atomic E-state index is 10.9. The minimum absolute atomic E-state index is 0.0235. The van der Waals surface area contributed by atoms with E-state index in [1.807, 2.05) is 115 Å². The van der Waals surface area contributed by atoms with Crippen molar-refractivity contribution >= 4 is 60.9 Å². The normalized spacial score (nSPS) is 11.0. The van der Waals surface area contributed by atoms with E-state index in [0.29, 0.717) is 28.7 Å². The van der Waals surface area contributed by atoms with Crippen LogP contribution in [0.3, 0.4) is 0 Å². The van der Waals surface area contributed by atoms with Gasteiger partial charge in [-0.25, -0.2) is 0 Å². The number of carboxylic acids is 1. The molecule has 10 rings (SSSR count). The lowest BCUT2D eigenvalue weighted by Crippen LogP contribution is -2.33. The number of phenols is 11. The second-order valence-electron chi connectivity index (χ2n) is 20.5. The van der Waals surface area contributed by atoms with Crippen LogP contribution in [0.15, 0.2) is 224 Å². The minimum Gasteiger partial charge on any atom is -0.508 e. The van der Waals surface area contributed by atoms with E-state index in [0.717, 1.165) is 46.2 Å². The van der Waals surface area contributed by atoms with Gasteiger partial charge in [0.05, 0.1) is 13.2 Å². The lowest BCUT2D eigenvalue weighted by Gasteiger charge is -2.13. The Morgan fingerprint density at radius 3 is 1.17 bits per heavy atom. The van der Waals surface area contributed by atoms with Gasteiger partial charge in [0.15, 0.2) is 17.2 Å². The Balaban J connectivity index is 0.000000188. The van der Waals surface area contributed by atoms with E-state index in [1.54, 1.807) is 110 Å². The van der Waals surface area contributed by atoms with Gasteiger partial charge in [-0.15, -0.1) is 5.48 Å². The Kier molecular flexibility index (Phi) is 27.6. The van der Waals surface area contributed by atoms with E-state index in [4.69, 9.17) is 19.8 Å². The summed E-state index contributed by atoms with van der Waals surface area (Å²) < 4.78 is 5.09. The summed E-state index contributed by atoms with van der Waals surface area (Å²) in [4.78, 5) is 26.8. The Morgan fingerprint density at radius 1 is 0.366 bits per heavy atom. The molecule has 17 nitrogen and oxygen atoms in total. The van der Waals surface area contributed by atoms with Crippen molar-refractivity contribution in [3.8, 4) is 74.7 Å². The van der Waals surface area contributed by atoms with E-state index >= 15 is 0 Å². The highest BCUT2D eigenvalue weighted by Gasteiger charge is 2.11. The molecular weight excluding hydrogens is 1180 g/mol. The molecule has 17 heteroatoms. The van der Waals surface area contributed by atoms with Crippen molar-refractivity contribution in [3.05, 3.63) is 280 Å². The Bertz CT molecular complexity index is 4040. The van der Waals surface area contributed by atoms with Gasteiger partial charge < -0.3 is 75.6 Å². The second kappa shape index (κ2) is 36.8. The fourth-order valence-corrected chi connectivity index (χ4v) is 8.45. The molecule has 0 bridgehead atoms. The molecule has 13 N–H and O–H groups in total. The van der Waals surface area contributed by atoms with Crippen molar-refractivity contribution in [1.29, 1.82) is 0 Å². The van der Waals surface area contributed by atoms with Gasteiger partial charge in [-0.05, 0) is 160 Å². The Hall–Kier alpha value is -12.3. The summed E-state index contributed by atoms with van der Waals surface area (Å²) in [5, 5.41) is 112. The number of rotatable bonds is 19. The number of nitrogens with one attached hydrogen (secondary N) is 1. The number of aldehydes is 1. The van der Waals surface area contributed by atoms with Gasteiger partial charge >= 0.3 is 5.97 Å². The number of hydroxylamine groups is 1. The van der Waals surface area contributed by atoms with Gasteiger partial charge in [-0.1, -0.05) is 158 Å². The minimum atomic E-state index is -1.02. The lowest BCUT2D eigenvalue weighted by molar-refractivity contribution is -0.137. The number of benzene rings is 10. The van der Waals surface area contributed by atoms with Gasteiger partial charge in [0.25, 0.3) is 0 Å². The third-order valence-corrected chi connectivity index (χ3v) is 12.9. The van der Waals surface area contributed by atoms with Crippen molar-refractivity contribution in [2.75, 3.05) is 7.11 Å². The van der Waals surface area contributed by atoms with Crippen LogP contribution in [0.2, 0.25) is 0 Å². The molecule has 0 saturated heterocycles. The quantitative estimate of drug-likeness (QED) is 0.0155. The first-order valence-corrected chi connectivity index (χ1v) is 28.8. The average Bonchev–Trinajstić information content (AvgIpc) is 3.04. The number of carbonyl (C=O) groups is 2. The SMILES string of the molecule is COc1cc(O)cc(/C=C/c2ccccc2)c1.O=C[C@H](CCC(=O)O)NOc1cc(O)cc(/C=C/c2ccc(O)c(O)c2)c1.Oc1cc(O)cc(/C=C/c2ccccc2)c1.Oc1cc(O)cc(CCc2ccccc2)c1.Oc1ccc(/C=C/c2cc(O)cc(O)c2)cc1. The third-order valence-electron chi connectivity index (χ3n) is 12.9. The Morgan fingerprint density at radius 2 is 0.731 bits per heavy atom. The van der Waals surface area contributed by atoms with Gasteiger partial charge in [-0.3, -0.25) is 4.79 Å². The number of methoxy groups -OCH3 is 1. The molecule has 93 heavy (non-hydrogen) atoms. The molecule has 0 aliphatic carbocycles. The molecule has 0 amide bonds. The molecule has 0 heterocycles. The lowest BCUT2D eigenvalue weighted by atomic mass is 10.0. The average molecular weight is 1250 g/mol. The van der Waals surface area contributed by atoms with E-state index in [1.165, 1.54) is 48.0 Å². The Labute approximate surface area is 538 Å². The van der Waals surface area contributed by atoms with Crippen LogP contribution >= 0.6 is 0 Å². The highest BCUT2D eigenvalue weighted by atomic mass is 16.6. The van der Waals surface area contributed by atoms with Crippen LogP contribution < -0.4 is 15.1 Å². The highest BCUT2D eigenvalue weighted by Crippen LogP contribution is 2.29. The standard InChI is InChI=1S/C19H19NO7.C15H14O2.C14H12O3.C14H14O2.C14H12O2/c21-11-14(4-6-19(25)26)20-27-16-8-13(7-15(22)10-16)2-1-12-3-5-17(23)18(24)9-12;1-17-15-10-13(9-14(16)11-15)8-7-12-5-3-2-4-6-12;15-12-5-3-10(4-6-12)1-2-11-7-13(16)9-14(17)8-11;2*15-13-8-12(9-14(16)10-13)7-6-11-4-2-1-3-5-11/h1-3,5,7-11,14,20,22-24H,4,6H2,(H,25,26);2-11,16H,1H3;1-9,15-17H;1-5,8-10,15-16H,6-7H2;1-10,15-16H/b2-1+;8-7+;2-1+;;7-6+/t14-;;;;/m0..../s1. The molecule has 0 fully saturated rings. The number of carbonyl (C=O) groups excluding carboxylic acids is 1. The number of aliphatic carboxylic acids is 1. The largest absolute Gasteiger partial charge is 0.508 e. The number of phenolic OH excluding ortho intramolecular Hbond substituents is 11. The summed E-state index contributed by atoms with van der Waals surface area (Å²) >= 11 is 0. The van der Waals surface area contributed by atoms with Gasteiger partial charge in [-0.2, -0.15) is 0 Å². The summed E-state index contributed by atoms with van der Waals surface area (Å²) in [5.74, 6) is 0.139. The van der Waals surface area contributed by atoms with Crippen LogP contribution in [-0.2, 0) is 22.4 Å². The molecule has 10 aromatic rings. The van der Waals surface area contributed by atoms with E-state index < -0.39 is 12.0 Å². The number of aryl methyl sites for hydroxylation is 2. The van der Waals surface area contributed by atoms with Crippen molar-refractivity contribution in [1.82, 2.24) is 5.48 Å². The summed E-state index contributed by atoms with van der Waals surface area (Å²) in [6.07, 6.45) is 16.8. The predicted molar refractivity (Wildman–Crippen MR) is 363 cm³/mol. The zero-order valence-corrected chi connectivity index (χ0v) is 50.5. The number of hydrogen-bond acceptors (Lipinski definition) is 16. The molecule has 0 saturated carbocycles. The summed E-state index contributed by atoms with van der Waals surface area (Å²) in [7, 11) is 1.58. The van der Waals surface area contributed by atoms with Crippen LogP contribution in [0.25, 0.3) is 48.6 Å². The number of aromatic hydroxyl groups is 11. The number of carboxylic acid groups (broad SMARTS) is 1. The first-order chi connectivity index (χ1) is 44.7. The summed E-state index contributed by atoms with van der Waals surface area (Å²) in [5.41, 5.74) is 11.4. The van der Waals surface area contributed by atoms with Crippen molar-refractivity contribution < 1.29 is 80.4 Å². The molecule has 0 aliphatic heterocycles. The maximum Gasteiger partial charge on any atom is 0.303 e. The van der Waals surface area contributed by atoms with Crippen LogP contribution in [0.4, 0.5) is 0 Å². The molecule has 0 aromatic heterocycles. The summed E-state index contributed by atoms with van der Waals surface area (Å²) in [6.45, 7) is 0. The van der Waals surface area contributed by atoms with Crippen LogP contribution in [0, 0.1) is 0 Å². The van der Waals surface area contributed by atoms with E-state index in [9.17, 15) is 60.7 Å². The molecule has 1 atom stereocenters. The van der Waals surface area contributed by atoms with Gasteiger partial charge in [0.1, 0.15) is 63.8 Å². The van der Waals surface area contributed by atoms with Crippen LogP contribution in [0.5, 0.6) is 74.7 Å². The highest BCUT2D eigenvalue weighted by molar-refractivity contribution is 5.74. The first-order valence-electron chi connectivity index (χ1n) is 28.8. The second-order valence-corrected chi connectivity index (χ2v) is 20.5. The predicted octanol–water partition coefficient (Wildman–Crippen LogP) is 15.0. The molecular formula is C76H71NO16. The van der Waals surface area contributed by atoms with E-state index in [-0.39, 0.29) is 81.8 Å². The van der Waals surface area contributed by atoms with Crippen molar-refractivity contribution in [2.45, 2.75) is 31.7 Å². The summed E-state index contributed by atoms with van der Waals surface area (Å²) in [6, 6.07) is 63.4. The molecule has 0 radical (unpaired) electrons. The molecule has 10 aromatic carbocycles. The topological polar surface area (TPSA) is 307 Å². The van der Waals surface area contributed by atoms with Gasteiger partial charge in [0.2, 0.25) is 0 Å². The fourth-order valence-electron chi connectivity index (χ4n) is 8.45. The molecule has 0 unspecified atom stereocenters. The molecule has 476 valence electrons. The zero-order chi connectivity index (χ0) is 66.9. The van der Waals surface area contributed by atoms with Gasteiger partial charge in [0, 0.05) is 36.8 Å². The van der Waals surface area contributed by atoms with Crippen molar-refractivity contribution in [3.63, 3.8) is 0 Å². The maximum absolute atomic E-state index is 10.9. The number of hydrogen-bond donors (Lipinski definition) is 13. The monoisotopic (exact) mass is 1250 g/mol. The fraction of sp³-hybridized carbons (Fsp3) is 0.0789. The van der Waals surface area contributed by atoms with Crippen LogP contribution in [-0.4, -0.2) is 86.7 Å². The van der Waals surface area contributed by atoms with Crippen LogP contribution in [0.1, 0.15) is 68.5 Å². The first kappa shape index (κ1) is 69.8. The molecule has 0 aliphatic rings. The smallest absolute Gasteiger partial charge is 0.303 e.